The third-order valence-electron chi connectivity index (χ3n) is 3.93. The molecule has 7 nitrogen and oxygen atoms in total. The van der Waals surface area contributed by atoms with Crippen LogP contribution in [0.15, 0.2) is 47.6 Å². The van der Waals surface area contributed by atoms with Crippen LogP contribution in [0.2, 0.25) is 0 Å². The molecule has 1 atom stereocenters. The van der Waals surface area contributed by atoms with Crippen molar-refractivity contribution in [2.24, 2.45) is 5.10 Å². The Labute approximate surface area is 151 Å². The fourth-order valence-corrected chi connectivity index (χ4v) is 2.52. The molecule has 0 aromatic heterocycles. The number of amides is 1. The van der Waals surface area contributed by atoms with Crippen molar-refractivity contribution in [3.63, 3.8) is 0 Å². The topological polar surface area (TPSA) is 78.4 Å². The predicted molar refractivity (Wildman–Crippen MR) is 96.3 cm³/mol. The van der Waals surface area contributed by atoms with Crippen LogP contribution < -0.4 is 24.4 Å². The van der Waals surface area contributed by atoms with Crippen molar-refractivity contribution < 1.29 is 23.7 Å². The first-order valence-corrected chi connectivity index (χ1v) is 8.07. The Morgan fingerprint density at radius 1 is 1.15 bits per heavy atom. The predicted octanol–water partition coefficient (Wildman–Crippen LogP) is 2.38. The highest BCUT2D eigenvalue weighted by atomic mass is 16.6. The summed E-state index contributed by atoms with van der Waals surface area (Å²) >= 11 is 0. The molecule has 1 N–H and O–H groups in total. The number of ether oxygens (including phenoxy) is 4. The lowest BCUT2D eigenvalue weighted by Gasteiger charge is -2.24. The van der Waals surface area contributed by atoms with Crippen molar-refractivity contribution in [2.45, 2.75) is 13.0 Å². The first-order valence-electron chi connectivity index (χ1n) is 8.07. The van der Waals surface area contributed by atoms with E-state index < -0.39 is 6.10 Å². The third-order valence-corrected chi connectivity index (χ3v) is 3.93. The van der Waals surface area contributed by atoms with Crippen LogP contribution in [0.4, 0.5) is 0 Å². The highest BCUT2D eigenvalue weighted by Gasteiger charge is 2.27. The molecule has 7 heteroatoms. The zero-order valence-corrected chi connectivity index (χ0v) is 14.8. The van der Waals surface area contributed by atoms with Crippen molar-refractivity contribution in [1.29, 1.82) is 0 Å². The number of hydrogen-bond acceptors (Lipinski definition) is 6. The lowest BCUT2D eigenvalue weighted by atomic mass is 10.1. The molecule has 0 saturated carbocycles. The number of rotatable bonds is 5. The minimum atomic E-state index is -0.765. The summed E-state index contributed by atoms with van der Waals surface area (Å²) < 4.78 is 21.7. The van der Waals surface area contributed by atoms with Gasteiger partial charge in [-0.25, -0.2) is 5.43 Å². The second-order valence-electron chi connectivity index (χ2n) is 5.60. The van der Waals surface area contributed by atoms with Crippen LogP contribution >= 0.6 is 0 Å². The normalized spacial score (nSPS) is 16.0. The maximum atomic E-state index is 12.3. The lowest BCUT2D eigenvalue weighted by molar-refractivity contribution is -0.130. The number of nitrogens with one attached hydrogen (secondary N) is 1. The monoisotopic (exact) mass is 356 g/mol. The number of methoxy groups -OCH3 is 2. The van der Waals surface area contributed by atoms with Crippen LogP contribution in [-0.2, 0) is 4.79 Å². The first-order chi connectivity index (χ1) is 12.6. The van der Waals surface area contributed by atoms with Gasteiger partial charge >= 0.3 is 0 Å². The maximum absolute atomic E-state index is 12.3. The molecule has 3 rings (SSSR count). The van der Waals surface area contributed by atoms with Crippen LogP contribution in [0.5, 0.6) is 23.0 Å². The highest BCUT2D eigenvalue weighted by molar-refractivity contribution is 6.01. The average molecular weight is 356 g/mol. The summed E-state index contributed by atoms with van der Waals surface area (Å²) in [5.74, 6) is 2.06. The summed E-state index contributed by atoms with van der Waals surface area (Å²) in [4.78, 5) is 12.3. The van der Waals surface area contributed by atoms with E-state index in [1.54, 1.807) is 45.4 Å². The minimum Gasteiger partial charge on any atom is -0.497 e. The fourth-order valence-electron chi connectivity index (χ4n) is 2.52. The Morgan fingerprint density at radius 3 is 2.65 bits per heavy atom. The van der Waals surface area contributed by atoms with E-state index in [9.17, 15) is 4.79 Å². The van der Waals surface area contributed by atoms with Gasteiger partial charge in [-0.05, 0) is 31.2 Å². The van der Waals surface area contributed by atoms with Crippen molar-refractivity contribution in [2.75, 3.05) is 20.8 Å². The molecule has 0 aliphatic carbocycles. The summed E-state index contributed by atoms with van der Waals surface area (Å²) in [6.45, 7) is 1.90. The summed E-state index contributed by atoms with van der Waals surface area (Å²) in [7, 11) is 3.15. The number of nitrogens with zero attached hydrogens (tertiary/aromatic N) is 1. The largest absolute Gasteiger partial charge is 0.497 e. The summed E-state index contributed by atoms with van der Waals surface area (Å²) in [6, 6.07) is 12.6. The lowest BCUT2D eigenvalue weighted by Crippen LogP contribution is -2.42. The molecule has 0 radical (unpaired) electrons. The van der Waals surface area contributed by atoms with Crippen molar-refractivity contribution in [3.05, 3.63) is 48.0 Å². The van der Waals surface area contributed by atoms with Gasteiger partial charge < -0.3 is 18.9 Å². The van der Waals surface area contributed by atoms with Gasteiger partial charge in [0.1, 0.15) is 18.1 Å². The van der Waals surface area contributed by atoms with Gasteiger partial charge in [0.05, 0.1) is 19.9 Å². The molecule has 26 heavy (non-hydrogen) atoms. The quantitative estimate of drug-likeness (QED) is 0.657. The molecule has 1 amide bonds. The summed E-state index contributed by atoms with van der Waals surface area (Å²) in [5.41, 5.74) is 3.86. The number of para-hydroxylation sites is 2. The standard InChI is InChI=1S/C19H20N2O5/c1-12(14-9-8-13(23-2)10-17(14)24-3)20-21-19(22)18-11-25-15-6-4-5-7-16(15)26-18/h4-10,18H,11H2,1-3H3,(H,21,22)/b20-12+. The molecule has 1 aliphatic rings. The second-order valence-corrected chi connectivity index (χ2v) is 5.60. The zero-order valence-electron chi connectivity index (χ0n) is 14.8. The molecule has 0 fully saturated rings. The van der Waals surface area contributed by atoms with Crippen LogP contribution in [-0.4, -0.2) is 38.5 Å². The van der Waals surface area contributed by atoms with Gasteiger partial charge in [-0.2, -0.15) is 5.10 Å². The molecule has 1 unspecified atom stereocenters. The Morgan fingerprint density at radius 2 is 1.92 bits per heavy atom. The SMILES string of the molecule is COc1ccc(/C(C)=N/NC(=O)C2COc3ccccc3O2)c(OC)c1. The van der Waals surface area contributed by atoms with E-state index in [2.05, 4.69) is 10.5 Å². The van der Waals surface area contributed by atoms with Crippen LogP contribution in [0, 0.1) is 0 Å². The van der Waals surface area contributed by atoms with Crippen LogP contribution in [0.1, 0.15) is 12.5 Å². The first kappa shape index (κ1) is 17.6. The Kier molecular flexibility index (Phi) is 5.26. The molecule has 2 aromatic carbocycles. The Hall–Kier alpha value is -3.22. The number of carbonyl (C=O) groups excluding carboxylic acids is 1. The van der Waals surface area contributed by atoms with E-state index in [-0.39, 0.29) is 12.5 Å². The molecule has 0 bridgehead atoms. The molecular weight excluding hydrogens is 336 g/mol. The van der Waals surface area contributed by atoms with Crippen LogP contribution in [0.25, 0.3) is 0 Å². The second kappa shape index (κ2) is 7.77. The van der Waals surface area contributed by atoms with Gasteiger partial charge in [0.2, 0.25) is 6.10 Å². The molecule has 1 aliphatic heterocycles. The molecule has 136 valence electrons. The van der Waals surface area contributed by atoms with Gasteiger partial charge in [-0.15, -0.1) is 0 Å². The molecular formula is C19H20N2O5. The van der Waals surface area contributed by atoms with E-state index >= 15 is 0 Å². The number of hydrazone groups is 1. The smallest absolute Gasteiger partial charge is 0.284 e. The summed E-state index contributed by atoms with van der Waals surface area (Å²) in [5, 5.41) is 4.15. The van der Waals surface area contributed by atoms with Gasteiger partial charge in [0.25, 0.3) is 5.91 Å². The van der Waals surface area contributed by atoms with E-state index in [0.29, 0.717) is 28.7 Å². The van der Waals surface area contributed by atoms with E-state index in [1.807, 2.05) is 18.2 Å². The van der Waals surface area contributed by atoms with Gasteiger partial charge in [-0.3, -0.25) is 4.79 Å². The minimum absolute atomic E-state index is 0.128. The Bertz CT molecular complexity index is 834. The van der Waals surface area contributed by atoms with Crippen LogP contribution in [0.3, 0.4) is 0 Å². The zero-order chi connectivity index (χ0) is 18.5. The number of benzene rings is 2. The van der Waals surface area contributed by atoms with E-state index in [4.69, 9.17) is 18.9 Å². The molecule has 0 saturated heterocycles. The molecule has 1 heterocycles. The number of carbonyl (C=O) groups is 1. The summed E-state index contributed by atoms with van der Waals surface area (Å²) in [6.07, 6.45) is -0.765. The number of fused-ring (bicyclic) bond motifs is 1. The van der Waals surface area contributed by atoms with Crippen molar-refractivity contribution in [3.8, 4) is 23.0 Å². The van der Waals surface area contributed by atoms with E-state index in [0.717, 1.165) is 5.56 Å². The Balaban J connectivity index is 1.69. The van der Waals surface area contributed by atoms with Gasteiger partial charge in [-0.1, -0.05) is 12.1 Å². The number of hydrogen-bond donors (Lipinski definition) is 1. The molecule has 2 aromatic rings. The fraction of sp³-hybridized carbons (Fsp3) is 0.263. The highest BCUT2D eigenvalue weighted by Crippen LogP contribution is 2.31. The molecule has 0 spiro atoms. The van der Waals surface area contributed by atoms with Gasteiger partial charge in [0, 0.05) is 11.6 Å². The third kappa shape index (κ3) is 3.72. The van der Waals surface area contributed by atoms with Gasteiger partial charge in [0.15, 0.2) is 11.5 Å². The van der Waals surface area contributed by atoms with E-state index in [1.165, 1.54) is 0 Å². The maximum Gasteiger partial charge on any atom is 0.284 e. The van der Waals surface area contributed by atoms with Crippen molar-refractivity contribution in [1.82, 2.24) is 5.43 Å². The average Bonchev–Trinajstić information content (AvgIpc) is 2.70. The van der Waals surface area contributed by atoms with Crippen molar-refractivity contribution >= 4 is 11.6 Å².